The van der Waals surface area contributed by atoms with E-state index in [1.807, 2.05) is 11.8 Å². The van der Waals surface area contributed by atoms with Crippen LogP contribution in [0, 0.1) is 5.92 Å². The summed E-state index contributed by atoms with van der Waals surface area (Å²) in [5.41, 5.74) is -0.986. The summed E-state index contributed by atoms with van der Waals surface area (Å²) in [5.74, 6) is 0.568. The van der Waals surface area contributed by atoms with Gasteiger partial charge < -0.3 is 10.0 Å². The lowest BCUT2D eigenvalue weighted by Crippen LogP contribution is -2.43. The molecule has 0 aliphatic carbocycles. The van der Waals surface area contributed by atoms with E-state index in [1.54, 1.807) is 0 Å². The monoisotopic (exact) mass is 275 g/mol. The number of piperidine rings is 1. The Labute approximate surface area is 109 Å². The van der Waals surface area contributed by atoms with E-state index in [4.69, 9.17) is 0 Å². The summed E-state index contributed by atoms with van der Waals surface area (Å²) in [6.07, 6.45) is -2.66. The number of nitrogens with zero attached hydrogens (tertiary/aromatic N) is 3. The number of hydrogen-bond acceptors (Lipinski definition) is 4. The van der Waals surface area contributed by atoms with Crippen LogP contribution in [0.25, 0.3) is 0 Å². The summed E-state index contributed by atoms with van der Waals surface area (Å²) in [6.45, 7) is 2.67. The van der Waals surface area contributed by atoms with Crippen molar-refractivity contribution in [2.45, 2.75) is 32.0 Å². The van der Waals surface area contributed by atoms with E-state index in [0.717, 1.165) is 18.9 Å². The second-order valence-corrected chi connectivity index (χ2v) is 4.90. The molecule has 0 aromatic carbocycles. The van der Waals surface area contributed by atoms with E-state index in [-0.39, 0.29) is 18.6 Å². The Kier molecular flexibility index (Phi) is 3.93. The van der Waals surface area contributed by atoms with Crippen molar-refractivity contribution in [3.63, 3.8) is 0 Å². The predicted molar refractivity (Wildman–Crippen MR) is 63.7 cm³/mol. The molecule has 0 radical (unpaired) electrons. The third-order valence-electron chi connectivity index (χ3n) is 3.47. The van der Waals surface area contributed by atoms with Crippen LogP contribution >= 0.6 is 0 Å². The molecule has 0 saturated carbocycles. The lowest BCUT2D eigenvalue weighted by Gasteiger charge is -2.38. The highest BCUT2D eigenvalue weighted by molar-refractivity contribution is 5.39. The summed E-state index contributed by atoms with van der Waals surface area (Å²) < 4.78 is 37.2. The smallest absolute Gasteiger partial charge is 0.396 e. The van der Waals surface area contributed by atoms with Gasteiger partial charge in [-0.15, -0.1) is 10.2 Å². The van der Waals surface area contributed by atoms with Gasteiger partial charge in [0.2, 0.25) is 0 Å². The third-order valence-corrected chi connectivity index (χ3v) is 3.47. The van der Waals surface area contributed by atoms with Gasteiger partial charge in [-0.25, -0.2) is 0 Å². The van der Waals surface area contributed by atoms with Gasteiger partial charge in [-0.1, -0.05) is 0 Å². The maximum atomic E-state index is 12.4. The maximum Gasteiger partial charge on any atom is 0.435 e. The van der Waals surface area contributed by atoms with E-state index in [1.165, 1.54) is 6.07 Å². The normalized spacial score (nSPS) is 24.6. The Bertz CT molecular complexity index is 421. The third kappa shape index (κ3) is 3.15. The predicted octanol–water partition coefficient (Wildman–Crippen LogP) is 2.09. The second kappa shape index (κ2) is 5.32. The molecule has 2 atom stereocenters. The molecule has 0 bridgehead atoms. The van der Waals surface area contributed by atoms with E-state index in [9.17, 15) is 18.3 Å². The van der Waals surface area contributed by atoms with Crippen LogP contribution in [0.2, 0.25) is 0 Å². The number of anilines is 1. The zero-order chi connectivity index (χ0) is 14.0. The van der Waals surface area contributed by atoms with Crippen LogP contribution in [0.15, 0.2) is 12.1 Å². The zero-order valence-corrected chi connectivity index (χ0v) is 10.6. The maximum absolute atomic E-state index is 12.4. The highest BCUT2D eigenvalue weighted by Gasteiger charge is 2.33. The van der Waals surface area contributed by atoms with Crippen LogP contribution in [-0.2, 0) is 6.18 Å². The average Bonchev–Trinajstić information content (AvgIpc) is 2.38. The zero-order valence-electron chi connectivity index (χ0n) is 10.6. The summed E-state index contributed by atoms with van der Waals surface area (Å²) in [6, 6.07) is 2.47. The first-order valence-electron chi connectivity index (χ1n) is 6.20. The SMILES string of the molecule is CC1CCC(CO)CN1c1ccc(C(F)(F)F)nn1. The molecule has 1 N–H and O–H groups in total. The standard InChI is InChI=1S/C12H16F3N3O/c1-8-2-3-9(7-19)6-18(8)11-5-4-10(16-17-11)12(13,14)15/h4-5,8-9,19H,2-3,6-7H2,1H3. The van der Waals surface area contributed by atoms with Gasteiger partial charge in [0.25, 0.3) is 0 Å². The lowest BCUT2D eigenvalue weighted by atomic mass is 9.94. The molecule has 0 amide bonds. The first-order chi connectivity index (χ1) is 8.91. The van der Waals surface area contributed by atoms with Gasteiger partial charge in [-0.2, -0.15) is 13.2 Å². The second-order valence-electron chi connectivity index (χ2n) is 4.90. The van der Waals surface area contributed by atoms with Gasteiger partial charge in [0.15, 0.2) is 11.5 Å². The van der Waals surface area contributed by atoms with Gasteiger partial charge in [0, 0.05) is 19.2 Å². The fourth-order valence-electron chi connectivity index (χ4n) is 2.28. The molecular weight excluding hydrogens is 259 g/mol. The van der Waals surface area contributed by atoms with Gasteiger partial charge in [-0.05, 0) is 37.8 Å². The number of rotatable bonds is 2. The fraction of sp³-hybridized carbons (Fsp3) is 0.667. The molecule has 1 aliphatic rings. The van der Waals surface area contributed by atoms with Crippen molar-refractivity contribution in [2.75, 3.05) is 18.1 Å². The van der Waals surface area contributed by atoms with E-state index >= 15 is 0 Å². The molecule has 1 saturated heterocycles. The molecule has 2 heterocycles. The number of halogens is 3. The van der Waals surface area contributed by atoms with E-state index in [0.29, 0.717) is 12.4 Å². The van der Waals surface area contributed by atoms with Gasteiger partial charge in [0.05, 0.1) is 0 Å². The molecule has 4 nitrogen and oxygen atoms in total. The molecule has 2 unspecified atom stereocenters. The van der Waals surface area contributed by atoms with Crippen LogP contribution in [0.4, 0.5) is 19.0 Å². The molecule has 1 fully saturated rings. The Balaban J connectivity index is 2.16. The molecule has 1 aromatic heterocycles. The topological polar surface area (TPSA) is 49.2 Å². The van der Waals surface area contributed by atoms with Crippen LogP contribution in [0.5, 0.6) is 0 Å². The molecule has 1 aliphatic heterocycles. The minimum absolute atomic E-state index is 0.0806. The van der Waals surface area contributed by atoms with Gasteiger partial charge in [0.1, 0.15) is 0 Å². The summed E-state index contributed by atoms with van der Waals surface area (Å²) >= 11 is 0. The Morgan fingerprint density at radius 2 is 2.05 bits per heavy atom. The van der Waals surface area contributed by atoms with Crippen molar-refractivity contribution >= 4 is 5.82 Å². The van der Waals surface area contributed by atoms with Crippen LogP contribution in [-0.4, -0.2) is 34.5 Å². The van der Waals surface area contributed by atoms with Crippen LogP contribution in [0.3, 0.4) is 0 Å². The highest BCUT2D eigenvalue weighted by Crippen LogP contribution is 2.29. The molecule has 106 valence electrons. The number of aliphatic hydroxyl groups is 1. The average molecular weight is 275 g/mol. The van der Waals surface area contributed by atoms with Crippen molar-refractivity contribution in [3.8, 4) is 0 Å². The molecule has 19 heavy (non-hydrogen) atoms. The number of alkyl halides is 3. The molecule has 2 rings (SSSR count). The largest absolute Gasteiger partial charge is 0.435 e. The number of hydrogen-bond donors (Lipinski definition) is 1. The first kappa shape index (κ1) is 14.0. The van der Waals surface area contributed by atoms with Gasteiger partial charge in [-0.3, -0.25) is 0 Å². The fourth-order valence-corrected chi connectivity index (χ4v) is 2.28. The number of aliphatic hydroxyl groups excluding tert-OH is 1. The van der Waals surface area contributed by atoms with Crippen molar-refractivity contribution in [2.24, 2.45) is 5.92 Å². The molecule has 0 spiro atoms. The Hall–Kier alpha value is -1.37. The molecule has 1 aromatic rings. The molecule has 7 heteroatoms. The quantitative estimate of drug-likeness (QED) is 0.898. The van der Waals surface area contributed by atoms with Crippen LogP contribution in [0.1, 0.15) is 25.5 Å². The molecular formula is C12H16F3N3O. The lowest BCUT2D eigenvalue weighted by molar-refractivity contribution is -0.141. The van der Waals surface area contributed by atoms with Gasteiger partial charge >= 0.3 is 6.18 Å². The summed E-state index contributed by atoms with van der Waals surface area (Å²) in [7, 11) is 0. The van der Waals surface area contributed by atoms with Crippen molar-refractivity contribution in [1.82, 2.24) is 10.2 Å². The summed E-state index contributed by atoms with van der Waals surface area (Å²) in [5, 5.41) is 16.1. The van der Waals surface area contributed by atoms with E-state index in [2.05, 4.69) is 10.2 Å². The van der Waals surface area contributed by atoms with Crippen molar-refractivity contribution < 1.29 is 18.3 Å². The van der Waals surface area contributed by atoms with Crippen molar-refractivity contribution in [3.05, 3.63) is 17.8 Å². The Morgan fingerprint density at radius 1 is 1.32 bits per heavy atom. The number of aromatic nitrogens is 2. The van der Waals surface area contributed by atoms with Crippen LogP contribution < -0.4 is 4.90 Å². The summed E-state index contributed by atoms with van der Waals surface area (Å²) in [4.78, 5) is 1.90. The minimum Gasteiger partial charge on any atom is -0.396 e. The first-order valence-corrected chi connectivity index (χ1v) is 6.20. The minimum atomic E-state index is -4.47. The Morgan fingerprint density at radius 3 is 2.58 bits per heavy atom. The van der Waals surface area contributed by atoms with E-state index < -0.39 is 11.9 Å². The highest BCUT2D eigenvalue weighted by atomic mass is 19.4. The van der Waals surface area contributed by atoms with Crippen molar-refractivity contribution in [1.29, 1.82) is 0 Å².